The number of fused-ring (bicyclic) bond motifs is 1. The third-order valence-corrected chi connectivity index (χ3v) is 9.06. The van der Waals surface area contributed by atoms with Crippen LogP contribution in [-0.4, -0.2) is 56.8 Å². The van der Waals surface area contributed by atoms with Gasteiger partial charge in [-0.15, -0.1) is 0 Å². The maximum Gasteiger partial charge on any atom is 0.243 e. The molecular weight excluding hydrogens is 634 g/mol. The standard InChI is InChI=1S/C32H38BrN3O6S/c1-4-23(2)34-32(38)28(19-24-9-6-5-7-10-24)35(21-25-12-14-26(33)15-13-25)31(37)11-8-18-36(43(3,39)40)27-16-17-29-30(20-27)42-22-41-29/h5-7,9-10,12-17,20,23,28H,4,8,11,18-19,21-22H2,1-3H3,(H,34,38)/t23-,28-/m0/s1. The second-order valence-electron chi connectivity index (χ2n) is 10.6. The number of nitrogens with one attached hydrogen (secondary N) is 1. The Hall–Kier alpha value is -3.57. The molecule has 0 bridgehead atoms. The van der Waals surface area contributed by atoms with E-state index in [1.165, 1.54) is 4.31 Å². The maximum absolute atomic E-state index is 14.0. The van der Waals surface area contributed by atoms with Gasteiger partial charge in [0.05, 0.1) is 11.9 Å². The lowest BCUT2D eigenvalue weighted by atomic mass is 10.0. The zero-order valence-electron chi connectivity index (χ0n) is 24.7. The Morgan fingerprint density at radius 3 is 2.35 bits per heavy atom. The van der Waals surface area contributed by atoms with Gasteiger partial charge in [-0.3, -0.25) is 13.9 Å². The van der Waals surface area contributed by atoms with Crippen LogP contribution in [0.5, 0.6) is 11.5 Å². The number of ether oxygens (including phenoxy) is 2. The smallest absolute Gasteiger partial charge is 0.243 e. The minimum absolute atomic E-state index is 0.0506. The number of carbonyl (C=O) groups excluding carboxylic acids is 2. The average molecular weight is 673 g/mol. The zero-order valence-corrected chi connectivity index (χ0v) is 27.1. The Kier molecular flexibility index (Phi) is 11.1. The lowest BCUT2D eigenvalue weighted by Crippen LogP contribution is -2.52. The SMILES string of the molecule is CC[C@H](C)NC(=O)[C@H](Cc1ccccc1)N(Cc1ccc(Br)cc1)C(=O)CCCN(c1ccc2c(c1)OCO2)S(C)(=O)=O. The molecule has 0 saturated carbocycles. The fourth-order valence-corrected chi connectivity index (χ4v) is 6.05. The van der Waals surface area contributed by atoms with Gasteiger partial charge in [0.25, 0.3) is 0 Å². The van der Waals surface area contributed by atoms with E-state index >= 15 is 0 Å². The summed E-state index contributed by atoms with van der Waals surface area (Å²) in [7, 11) is -3.65. The number of hydrogen-bond acceptors (Lipinski definition) is 6. The Morgan fingerprint density at radius 2 is 1.67 bits per heavy atom. The highest BCUT2D eigenvalue weighted by Gasteiger charge is 2.31. The highest BCUT2D eigenvalue weighted by Crippen LogP contribution is 2.36. The number of benzene rings is 3. The first-order valence-corrected chi connectivity index (χ1v) is 16.9. The second kappa shape index (κ2) is 14.7. The van der Waals surface area contributed by atoms with Gasteiger partial charge < -0.3 is 19.7 Å². The Bertz CT molecular complexity index is 1500. The van der Waals surface area contributed by atoms with Crippen molar-refractivity contribution in [3.63, 3.8) is 0 Å². The molecule has 1 heterocycles. The number of nitrogens with zero attached hydrogens (tertiary/aromatic N) is 2. The molecule has 11 heteroatoms. The van der Waals surface area contributed by atoms with Crippen LogP contribution in [0.2, 0.25) is 0 Å². The van der Waals surface area contributed by atoms with E-state index in [1.807, 2.05) is 68.4 Å². The molecule has 2 atom stereocenters. The predicted octanol–water partition coefficient (Wildman–Crippen LogP) is 5.28. The monoisotopic (exact) mass is 671 g/mol. The molecule has 0 saturated heterocycles. The van der Waals surface area contributed by atoms with Gasteiger partial charge in [0.2, 0.25) is 28.6 Å². The summed E-state index contributed by atoms with van der Waals surface area (Å²) in [4.78, 5) is 29.3. The Balaban J connectivity index is 1.58. The molecule has 9 nitrogen and oxygen atoms in total. The van der Waals surface area contributed by atoms with Gasteiger partial charge in [0.1, 0.15) is 6.04 Å². The van der Waals surface area contributed by atoms with Gasteiger partial charge in [-0.05, 0) is 55.2 Å². The van der Waals surface area contributed by atoms with Crippen molar-refractivity contribution in [2.45, 2.75) is 58.2 Å². The molecule has 43 heavy (non-hydrogen) atoms. The lowest BCUT2D eigenvalue weighted by molar-refractivity contribution is -0.141. The first kappa shape index (κ1) is 32.3. The van der Waals surface area contributed by atoms with Gasteiger partial charge in [-0.2, -0.15) is 0 Å². The first-order valence-electron chi connectivity index (χ1n) is 14.3. The van der Waals surface area contributed by atoms with Crippen LogP contribution in [0.15, 0.2) is 77.3 Å². The molecule has 0 fully saturated rings. The Labute approximate surface area is 262 Å². The van der Waals surface area contributed by atoms with Gasteiger partial charge in [0.15, 0.2) is 11.5 Å². The van der Waals surface area contributed by atoms with Crippen LogP contribution in [0.1, 0.15) is 44.2 Å². The fraction of sp³-hybridized carbons (Fsp3) is 0.375. The highest BCUT2D eigenvalue weighted by molar-refractivity contribution is 9.10. The minimum atomic E-state index is -3.65. The van der Waals surface area contributed by atoms with Crippen molar-refractivity contribution in [2.24, 2.45) is 0 Å². The molecule has 3 aromatic carbocycles. The largest absolute Gasteiger partial charge is 0.454 e. The van der Waals surface area contributed by atoms with Crippen molar-refractivity contribution in [1.29, 1.82) is 0 Å². The summed E-state index contributed by atoms with van der Waals surface area (Å²) < 4.78 is 38.4. The summed E-state index contributed by atoms with van der Waals surface area (Å²) in [6.45, 7) is 4.33. The van der Waals surface area contributed by atoms with E-state index in [2.05, 4.69) is 21.2 Å². The third-order valence-electron chi connectivity index (χ3n) is 7.33. The van der Waals surface area contributed by atoms with Crippen LogP contribution in [0, 0.1) is 0 Å². The van der Waals surface area contributed by atoms with Crippen LogP contribution in [0.4, 0.5) is 5.69 Å². The number of rotatable bonds is 14. The summed E-state index contributed by atoms with van der Waals surface area (Å²) in [6, 6.07) is 21.4. The molecule has 3 aromatic rings. The van der Waals surface area contributed by atoms with Crippen molar-refractivity contribution < 1.29 is 27.5 Å². The molecule has 0 aromatic heterocycles. The first-order chi connectivity index (χ1) is 20.5. The topological polar surface area (TPSA) is 105 Å². The molecule has 0 unspecified atom stereocenters. The van der Waals surface area contributed by atoms with E-state index in [0.29, 0.717) is 23.6 Å². The van der Waals surface area contributed by atoms with Crippen LogP contribution in [-0.2, 0) is 32.6 Å². The molecule has 4 rings (SSSR count). The van der Waals surface area contributed by atoms with E-state index in [4.69, 9.17) is 9.47 Å². The third kappa shape index (κ3) is 8.96. The number of amides is 2. The molecule has 1 N–H and O–H groups in total. The van der Waals surface area contributed by atoms with Crippen LogP contribution >= 0.6 is 15.9 Å². The number of sulfonamides is 1. The summed E-state index contributed by atoms with van der Waals surface area (Å²) in [6.07, 6.45) is 2.54. The van der Waals surface area contributed by atoms with Crippen LogP contribution < -0.4 is 19.1 Å². The molecule has 0 spiro atoms. The second-order valence-corrected chi connectivity index (χ2v) is 13.5. The van der Waals surface area contributed by atoms with Gasteiger partial charge in [-0.1, -0.05) is 65.3 Å². The van der Waals surface area contributed by atoms with E-state index in [9.17, 15) is 18.0 Å². The molecular formula is C32H38BrN3O6S. The molecule has 0 radical (unpaired) electrons. The summed E-state index contributed by atoms with van der Waals surface area (Å²) >= 11 is 3.46. The van der Waals surface area contributed by atoms with Gasteiger partial charge in [-0.25, -0.2) is 8.42 Å². The van der Waals surface area contributed by atoms with Crippen molar-refractivity contribution in [3.8, 4) is 11.5 Å². The number of hydrogen-bond donors (Lipinski definition) is 1. The number of anilines is 1. The van der Waals surface area contributed by atoms with Crippen molar-refractivity contribution >= 4 is 43.5 Å². The van der Waals surface area contributed by atoms with E-state index in [1.54, 1.807) is 23.1 Å². The lowest BCUT2D eigenvalue weighted by Gasteiger charge is -2.32. The van der Waals surface area contributed by atoms with Crippen LogP contribution in [0.3, 0.4) is 0 Å². The molecule has 0 aliphatic carbocycles. The quantitative estimate of drug-likeness (QED) is 0.250. The minimum Gasteiger partial charge on any atom is -0.454 e. The van der Waals surface area contributed by atoms with E-state index in [-0.39, 0.29) is 50.6 Å². The van der Waals surface area contributed by atoms with Crippen molar-refractivity contribution in [2.75, 3.05) is 23.9 Å². The molecule has 1 aliphatic rings. The molecule has 230 valence electrons. The van der Waals surface area contributed by atoms with Crippen molar-refractivity contribution in [1.82, 2.24) is 10.2 Å². The average Bonchev–Trinajstić information content (AvgIpc) is 3.46. The fourth-order valence-electron chi connectivity index (χ4n) is 4.83. The molecule has 1 aliphatic heterocycles. The molecule has 2 amide bonds. The summed E-state index contributed by atoms with van der Waals surface area (Å²) in [5.41, 5.74) is 2.25. The highest BCUT2D eigenvalue weighted by atomic mass is 79.9. The van der Waals surface area contributed by atoms with Gasteiger partial charge >= 0.3 is 0 Å². The maximum atomic E-state index is 14.0. The summed E-state index contributed by atoms with van der Waals surface area (Å²) in [5.74, 6) is 0.569. The van der Waals surface area contributed by atoms with Crippen LogP contribution in [0.25, 0.3) is 0 Å². The normalized spacial score (nSPS) is 13.7. The predicted molar refractivity (Wildman–Crippen MR) is 171 cm³/mol. The summed E-state index contributed by atoms with van der Waals surface area (Å²) in [5, 5.41) is 3.07. The van der Waals surface area contributed by atoms with Crippen molar-refractivity contribution in [3.05, 3.63) is 88.4 Å². The van der Waals surface area contributed by atoms with Gasteiger partial charge in [0, 0.05) is 42.5 Å². The van der Waals surface area contributed by atoms with E-state index in [0.717, 1.165) is 28.3 Å². The Morgan fingerprint density at radius 1 is 0.977 bits per heavy atom. The number of halogens is 1. The van der Waals surface area contributed by atoms with E-state index < -0.39 is 16.1 Å². The zero-order chi connectivity index (χ0) is 31.0. The number of carbonyl (C=O) groups is 2.